The van der Waals surface area contributed by atoms with Crippen molar-refractivity contribution in [2.24, 2.45) is 4.40 Å². The maximum absolute atomic E-state index is 12.4. The zero-order valence-electron chi connectivity index (χ0n) is 12.1. The number of nitrogens with zero attached hydrogens (tertiary/aromatic N) is 1. The molecule has 0 amide bonds. The van der Waals surface area contributed by atoms with E-state index in [0.717, 1.165) is 5.52 Å². The lowest BCUT2D eigenvalue weighted by molar-refractivity contribution is -0.212. The number of aromatic amines is 1. The van der Waals surface area contributed by atoms with E-state index in [1.165, 1.54) is 18.2 Å². The Morgan fingerprint density at radius 3 is 2.52 bits per heavy atom. The minimum absolute atomic E-state index is 0.0275. The summed E-state index contributed by atoms with van der Waals surface area (Å²) in [6.07, 6.45) is 0. The highest BCUT2D eigenvalue weighted by Gasteiger charge is 2.17. The van der Waals surface area contributed by atoms with Gasteiger partial charge < -0.3 is 10.1 Å². The Morgan fingerprint density at radius 1 is 1.13 bits per heavy atom. The molecular weight excluding hydrogens is 336 g/mol. The van der Waals surface area contributed by atoms with Crippen LogP contribution in [0.5, 0.6) is 0 Å². The van der Waals surface area contributed by atoms with E-state index in [4.69, 9.17) is 11.6 Å². The van der Waals surface area contributed by atoms with Gasteiger partial charge in [0.05, 0.1) is 5.02 Å². The van der Waals surface area contributed by atoms with Gasteiger partial charge in [0.1, 0.15) is 4.90 Å². The van der Waals surface area contributed by atoms with Crippen molar-refractivity contribution in [3.05, 3.63) is 64.8 Å². The second-order valence-electron chi connectivity index (χ2n) is 4.97. The number of nitrogens with one attached hydrogen (secondary N) is 1. The van der Waals surface area contributed by atoms with Crippen molar-refractivity contribution in [1.82, 2.24) is 4.98 Å². The van der Waals surface area contributed by atoms with Gasteiger partial charge >= 0.3 is 0 Å². The third kappa shape index (κ3) is 2.83. The highest BCUT2D eigenvalue weighted by Crippen LogP contribution is 2.25. The van der Waals surface area contributed by atoms with E-state index in [1.807, 2.05) is 12.1 Å². The second-order valence-corrected chi connectivity index (χ2v) is 6.95. The molecule has 0 atom stereocenters. The van der Waals surface area contributed by atoms with Crippen molar-refractivity contribution in [2.75, 3.05) is 0 Å². The first-order valence-electron chi connectivity index (χ1n) is 6.74. The van der Waals surface area contributed by atoms with Crippen molar-refractivity contribution >= 4 is 38.4 Å². The van der Waals surface area contributed by atoms with Crippen LogP contribution in [0.25, 0.3) is 10.9 Å². The van der Waals surface area contributed by atoms with Crippen LogP contribution in [0.1, 0.15) is 11.3 Å². The molecule has 0 aliphatic rings. The molecule has 0 saturated carbocycles. The zero-order valence-corrected chi connectivity index (χ0v) is 13.6. The number of benzene rings is 2. The first-order valence-corrected chi connectivity index (χ1v) is 8.56. The van der Waals surface area contributed by atoms with E-state index in [0.29, 0.717) is 11.1 Å². The molecule has 1 heterocycles. The molecule has 0 fully saturated rings. The third-order valence-electron chi connectivity index (χ3n) is 3.43. The van der Waals surface area contributed by atoms with Crippen molar-refractivity contribution in [1.29, 1.82) is 0 Å². The number of halogens is 1. The average Bonchev–Trinajstić information content (AvgIpc) is 2.82. The Hall–Kier alpha value is -2.31. The van der Waals surface area contributed by atoms with Gasteiger partial charge in [-0.15, -0.1) is 0 Å². The molecule has 1 aromatic heterocycles. The van der Waals surface area contributed by atoms with Crippen molar-refractivity contribution < 1.29 is 13.5 Å². The van der Waals surface area contributed by atoms with Gasteiger partial charge in [-0.2, -0.15) is 12.8 Å². The molecule has 0 spiro atoms. The highest BCUT2D eigenvalue weighted by atomic mass is 35.5. The molecule has 3 rings (SSSR count). The smallest absolute Gasteiger partial charge is 0.283 e. The van der Waals surface area contributed by atoms with Gasteiger partial charge in [0.2, 0.25) is 0 Å². The Labute approximate surface area is 138 Å². The molecule has 5 nitrogen and oxygen atoms in total. The molecule has 0 saturated heterocycles. The van der Waals surface area contributed by atoms with Crippen LogP contribution < -0.4 is 5.11 Å². The SMILES string of the molecule is Cc1[nH]c2ccccc2c1C([O-])=NS(=O)(=O)c1ccccc1Cl. The van der Waals surface area contributed by atoms with Gasteiger partial charge in [-0.05, 0) is 25.1 Å². The Morgan fingerprint density at radius 2 is 1.78 bits per heavy atom. The number of aromatic nitrogens is 1. The monoisotopic (exact) mass is 347 g/mol. The highest BCUT2D eigenvalue weighted by molar-refractivity contribution is 7.90. The molecule has 1 N–H and O–H groups in total. The summed E-state index contributed by atoms with van der Waals surface area (Å²) in [6.45, 7) is 1.70. The summed E-state index contributed by atoms with van der Waals surface area (Å²) in [7, 11) is -4.17. The van der Waals surface area contributed by atoms with Crippen molar-refractivity contribution in [2.45, 2.75) is 11.8 Å². The first kappa shape index (κ1) is 15.6. The number of aryl methyl sites for hydroxylation is 1. The normalized spacial score (nSPS) is 12.7. The van der Waals surface area contributed by atoms with Crippen LogP contribution in [-0.2, 0) is 10.0 Å². The predicted octanol–water partition coefficient (Wildman–Crippen LogP) is 2.63. The molecule has 23 heavy (non-hydrogen) atoms. The third-order valence-corrected chi connectivity index (χ3v) is 5.18. The van der Waals surface area contributed by atoms with Crippen LogP contribution in [0.15, 0.2) is 57.8 Å². The Kier molecular flexibility index (Phi) is 3.87. The molecule has 0 aliphatic heterocycles. The van der Waals surface area contributed by atoms with Gasteiger partial charge in [0.15, 0.2) is 0 Å². The fourth-order valence-electron chi connectivity index (χ4n) is 2.41. The topological polar surface area (TPSA) is 85.3 Å². The number of hydrogen-bond donors (Lipinski definition) is 1. The fourth-order valence-corrected chi connectivity index (χ4v) is 3.81. The minimum Gasteiger partial charge on any atom is -0.858 e. The lowest BCUT2D eigenvalue weighted by Gasteiger charge is -2.11. The molecule has 3 aromatic rings. The standard InChI is InChI=1S/C16H13ClN2O3S/c1-10-15(11-6-2-4-8-13(11)18-10)16(20)19-23(21,22)14-9-5-3-7-12(14)17/h2-9,18H,1H3,(H,19,20)/p-1. The summed E-state index contributed by atoms with van der Waals surface area (Å²) in [4.78, 5) is 2.86. The zero-order chi connectivity index (χ0) is 16.6. The lowest BCUT2D eigenvalue weighted by Crippen LogP contribution is -2.21. The molecule has 118 valence electrons. The van der Waals surface area contributed by atoms with Crippen LogP contribution in [0.4, 0.5) is 0 Å². The molecular formula is C16H12ClN2O3S-. The summed E-state index contributed by atoms with van der Waals surface area (Å²) >= 11 is 5.89. The van der Waals surface area contributed by atoms with Crippen LogP contribution >= 0.6 is 11.6 Å². The predicted molar refractivity (Wildman–Crippen MR) is 88.2 cm³/mol. The Balaban J connectivity index is 2.15. The van der Waals surface area contributed by atoms with E-state index in [9.17, 15) is 13.5 Å². The van der Waals surface area contributed by atoms with Crippen LogP contribution in [0, 0.1) is 6.92 Å². The first-order chi connectivity index (χ1) is 10.9. The number of sulfonamides is 1. The summed E-state index contributed by atoms with van der Waals surface area (Å²) in [5.41, 5.74) is 1.56. The van der Waals surface area contributed by atoms with Gasteiger partial charge in [-0.1, -0.05) is 41.9 Å². The van der Waals surface area contributed by atoms with E-state index < -0.39 is 15.9 Å². The average molecular weight is 348 g/mol. The van der Waals surface area contributed by atoms with Gasteiger partial charge in [0, 0.05) is 28.1 Å². The summed E-state index contributed by atoms with van der Waals surface area (Å²) in [5, 5.41) is 13.1. The van der Waals surface area contributed by atoms with E-state index in [1.54, 1.807) is 25.1 Å². The van der Waals surface area contributed by atoms with Crippen molar-refractivity contribution in [3.63, 3.8) is 0 Å². The number of para-hydroxylation sites is 1. The Bertz CT molecular complexity index is 1020. The quantitative estimate of drug-likeness (QED) is 0.583. The van der Waals surface area contributed by atoms with Crippen LogP contribution in [0.3, 0.4) is 0 Å². The van der Waals surface area contributed by atoms with Crippen LogP contribution in [0.2, 0.25) is 5.02 Å². The molecule has 0 aliphatic carbocycles. The van der Waals surface area contributed by atoms with E-state index in [-0.39, 0.29) is 15.5 Å². The largest absolute Gasteiger partial charge is 0.858 e. The minimum atomic E-state index is -4.17. The summed E-state index contributed by atoms with van der Waals surface area (Å²) in [5.74, 6) is -0.820. The molecule has 0 radical (unpaired) electrons. The van der Waals surface area contributed by atoms with Gasteiger partial charge in [-0.25, -0.2) is 0 Å². The maximum atomic E-state index is 12.4. The maximum Gasteiger partial charge on any atom is 0.283 e. The fraction of sp³-hybridized carbons (Fsp3) is 0.0625. The van der Waals surface area contributed by atoms with Crippen molar-refractivity contribution in [3.8, 4) is 0 Å². The summed E-state index contributed by atoms with van der Waals surface area (Å²) in [6, 6.07) is 13.0. The van der Waals surface area contributed by atoms with Gasteiger partial charge in [0.25, 0.3) is 10.0 Å². The number of fused-ring (bicyclic) bond motifs is 1. The van der Waals surface area contributed by atoms with Crippen LogP contribution in [-0.4, -0.2) is 19.3 Å². The molecule has 7 heteroatoms. The number of H-pyrrole nitrogens is 1. The lowest BCUT2D eigenvalue weighted by atomic mass is 10.1. The number of rotatable bonds is 3. The second kappa shape index (κ2) is 5.72. The van der Waals surface area contributed by atoms with E-state index in [2.05, 4.69) is 9.38 Å². The van der Waals surface area contributed by atoms with Gasteiger partial charge in [-0.3, -0.25) is 0 Å². The molecule has 0 bridgehead atoms. The van der Waals surface area contributed by atoms with E-state index >= 15 is 0 Å². The molecule has 2 aromatic carbocycles. The number of hydrogen-bond acceptors (Lipinski definition) is 3. The summed E-state index contributed by atoms with van der Waals surface area (Å²) < 4.78 is 28.1. The molecule has 0 unspecified atom stereocenters.